The van der Waals surface area contributed by atoms with Gasteiger partial charge in [0.05, 0.1) is 17.6 Å². The fourth-order valence-electron chi connectivity index (χ4n) is 2.53. The van der Waals surface area contributed by atoms with Gasteiger partial charge < -0.3 is 15.0 Å². The predicted molar refractivity (Wildman–Crippen MR) is 81.8 cm³/mol. The van der Waals surface area contributed by atoms with E-state index >= 15 is 0 Å². The molecule has 1 aromatic carbocycles. The summed E-state index contributed by atoms with van der Waals surface area (Å²) in [7, 11) is 0. The number of imidazole rings is 1. The molecule has 0 amide bonds. The van der Waals surface area contributed by atoms with Gasteiger partial charge in [-0.25, -0.2) is 4.98 Å². The smallest absolute Gasteiger partial charge is 0.112 e. The number of nitrogen functional groups attached to an aromatic ring is 1. The molecule has 0 spiro atoms. The summed E-state index contributed by atoms with van der Waals surface area (Å²) < 4.78 is 8.04. The SMILES string of the molecule is CC(C)c1nc2cc(N)ccc2n1CCOCC1CC1. The molecule has 4 heteroatoms. The number of nitrogens with two attached hydrogens (primary N) is 1. The van der Waals surface area contributed by atoms with E-state index in [1.54, 1.807) is 0 Å². The van der Waals surface area contributed by atoms with Gasteiger partial charge in [-0.15, -0.1) is 0 Å². The van der Waals surface area contributed by atoms with E-state index in [0.717, 1.165) is 48.2 Å². The third kappa shape index (κ3) is 2.80. The van der Waals surface area contributed by atoms with Crippen LogP contribution in [0.5, 0.6) is 0 Å². The van der Waals surface area contributed by atoms with Crippen LogP contribution in [0.1, 0.15) is 38.4 Å². The van der Waals surface area contributed by atoms with Crippen LogP contribution in [-0.2, 0) is 11.3 Å². The van der Waals surface area contributed by atoms with Crippen molar-refractivity contribution < 1.29 is 4.74 Å². The van der Waals surface area contributed by atoms with Gasteiger partial charge in [0.25, 0.3) is 0 Å². The second kappa shape index (κ2) is 5.44. The van der Waals surface area contributed by atoms with Crippen LogP contribution in [0.3, 0.4) is 0 Å². The zero-order valence-electron chi connectivity index (χ0n) is 12.3. The summed E-state index contributed by atoms with van der Waals surface area (Å²) in [5, 5.41) is 0. The van der Waals surface area contributed by atoms with E-state index in [4.69, 9.17) is 15.5 Å². The zero-order chi connectivity index (χ0) is 14.1. The van der Waals surface area contributed by atoms with E-state index in [2.05, 4.69) is 24.5 Å². The average Bonchev–Trinajstić information content (AvgIpc) is 3.15. The Kier molecular flexibility index (Phi) is 3.66. The second-order valence-corrected chi connectivity index (χ2v) is 6.04. The Morgan fingerprint density at radius 2 is 2.20 bits per heavy atom. The maximum atomic E-state index is 5.85. The summed E-state index contributed by atoms with van der Waals surface area (Å²) in [6.45, 7) is 6.88. The normalized spacial score (nSPS) is 15.3. The number of nitrogens with zero attached hydrogens (tertiary/aromatic N) is 2. The molecule has 20 heavy (non-hydrogen) atoms. The Bertz CT molecular complexity index is 599. The molecule has 0 aliphatic heterocycles. The van der Waals surface area contributed by atoms with Gasteiger partial charge in [-0.2, -0.15) is 0 Å². The molecule has 1 aliphatic rings. The Morgan fingerprint density at radius 1 is 1.40 bits per heavy atom. The van der Waals surface area contributed by atoms with Crippen LogP contribution < -0.4 is 5.73 Å². The minimum atomic E-state index is 0.395. The lowest BCUT2D eigenvalue weighted by Gasteiger charge is -2.11. The molecule has 1 heterocycles. The molecular weight excluding hydrogens is 250 g/mol. The van der Waals surface area contributed by atoms with Crippen LogP contribution in [0.2, 0.25) is 0 Å². The van der Waals surface area contributed by atoms with Crippen LogP contribution in [-0.4, -0.2) is 22.8 Å². The van der Waals surface area contributed by atoms with E-state index in [9.17, 15) is 0 Å². The van der Waals surface area contributed by atoms with Crippen molar-refractivity contribution in [2.45, 2.75) is 39.2 Å². The first-order chi connectivity index (χ1) is 9.65. The van der Waals surface area contributed by atoms with Crippen molar-refractivity contribution in [3.8, 4) is 0 Å². The average molecular weight is 273 g/mol. The van der Waals surface area contributed by atoms with E-state index in [1.165, 1.54) is 12.8 Å². The highest BCUT2D eigenvalue weighted by Gasteiger charge is 2.21. The van der Waals surface area contributed by atoms with Gasteiger partial charge in [-0.3, -0.25) is 0 Å². The third-order valence-electron chi connectivity index (χ3n) is 3.83. The summed E-state index contributed by atoms with van der Waals surface area (Å²) in [5.74, 6) is 2.33. The number of fused-ring (bicyclic) bond motifs is 1. The molecule has 0 unspecified atom stereocenters. The molecule has 4 nitrogen and oxygen atoms in total. The highest BCUT2D eigenvalue weighted by atomic mass is 16.5. The zero-order valence-corrected chi connectivity index (χ0v) is 12.3. The lowest BCUT2D eigenvalue weighted by Crippen LogP contribution is -2.11. The van der Waals surface area contributed by atoms with Crippen molar-refractivity contribution in [2.75, 3.05) is 18.9 Å². The molecule has 1 fully saturated rings. The first-order valence-corrected chi connectivity index (χ1v) is 7.48. The van der Waals surface area contributed by atoms with E-state index < -0.39 is 0 Å². The molecule has 0 bridgehead atoms. The fourth-order valence-corrected chi connectivity index (χ4v) is 2.53. The summed E-state index contributed by atoms with van der Waals surface area (Å²) >= 11 is 0. The molecule has 0 radical (unpaired) electrons. The number of anilines is 1. The molecular formula is C16H23N3O. The summed E-state index contributed by atoms with van der Waals surface area (Å²) in [5.41, 5.74) is 8.75. The minimum absolute atomic E-state index is 0.395. The molecule has 1 aromatic heterocycles. The highest BCUT2D eigenvalue weighted by molar-refractivity contribution is 5.79. The lowest BCUT2D eigenvalue weighted by molar-refractivity contribution is 0.117. The van der Waals surface area contributed by atoms with Crippen LogP contribution in [0.25, 0.3) is 11.0 Å². The quantitative estimate of drug-likeness (QED) is 0.649. The topological polar surface area (TPSA) is 53.1 Å². The van der Waals surface area contributed by atoms with Gasteiger partial charge in [0.15, 0.2) is 0 Å². The van der Waals surface area contributed by atoms with Gasteiger partial charge in [0.1, 0.15) is 5.82 Å². The molecule has 1 aliphatic carbocycles. The number of aromatic nitrogens is 2. The first-order valence-electron chi connectivity index (χ1n) is 7.48. The van der Waals surface area contributed by atoms with Crippen molar-refractivity contribution in [1.82, 2.24) is 9.55 Å². The van der Waals surface area contributed by atoms with Gasteiger partial charge in [0.2, 0.25) is 0 Å². The van der Waals surface area contributed by atoms with Gasteiger partial charge in [-0.05, 0) is 37.0 Å². The number of ether oxygens (including phenoxy) is 1. The minimum Gasteiger partial charge on any atom is -0.399 e. The van der Waals surface area contributed by atoms with Crippen LogP contribution >= 0.6 is 0 Å². The number of benzene rings is 1. The summed E-state index contributed by atoms with van der Waals surface area (Å²) in [6.07, 6.45) is 2.68. The Morgan fingerprint density at radius 3 is 2.90 bits per heavy atom. The van der Waals surface area contributed by atoms with Crippen molar-refractivity contribution in [1.29, 1.82) is 0 Å². The highest BCUT2D eigenvalue weighted by Crippen LogP contribution is 2.29. The maximum absolute atomic E-state index is 5.85. The third-order valence-corrected chi connectivity index (χ3v) is 3.83. The molecule has 3 rings (SSSR count). The number of rotatable bonds is 6. The van der Waals surface area contributed by atoms with E-state index in [1.807, 2.05) is 12.1 Å². The van der Waals surface area contributed by atoms with Crippen LogP contribution in [0, 0.1) is 5.92 Å². The van der Waals surface area contributed by atoms with Crippen molar-refractivity contribution in [3.63, 3.8) is 0 Å². The first kappa shape index (κ1) is 13.4. The van der Waals surface area contributed by atoms with Gasteiger partial charge >= 0.3 is 0 Å². The second-order valence-electron chi connectivity index (χ2n) is 6.04. The van der Waals surface area contributed by atoms with Crippen molar-refractivity contribution in [3.05, 3.63) is 24.0 Å². The number of hydrogen-bond acceptors (Lipinski definition) is 3. The van der Waals surface area contributed by atoms with Crippen LogP contribution in [0.15, 0.2) is 18.2 Å². The molecule has 108 valence electrons. The standard InChI is InChI=1S/C16H23N3O/c1-11(2)16-18-14-9-13(17)5-6-15(14)19(16)7-8-20-10-12-3-4-12/h5-6,9,11-12H,3-4,7-8,10,17H2,1-2H3. The van der Waals surface area contributed by atoms with Gasteiger partial charge in [-0.1, -0.05) is 13.8 Å². The fraction of sp³-hybridized carbons (Fsp3) is 0.562. The Hall–Kier alpha value is -1.55. The summed E-state index contributed by atoms with van der Waals surface area (Å²) in [6, 6.07) is 5.95. The Labute approximate surface area is 119 Å². The Balaban J connectivity index is 1.80. The van der Waals surface area contributed by atoms with Crippen molar-refractivity contribution >= 4 is 16.7 Å². The van der Waals surface area contributed by atoms with Gasteiger partial charge in [0, 0.05) is 24.8 Å². The molecule has 1 saturated carbocycles. The molecule has 2 aromatic rings. The predicted octanol–water partition coefficient (Wildman–Crippen LogP) is 3.17. The summed E-state index contributed by atoms with van der Waals surface area (Å²) in [4.78, 5) is 4.73. The maximum Gasteiger partial charge on any atom is 0.112 e. The lowest BCUT2D eigenvalue weighted by atomic mass is 10.2. The molecule has 0 saturated heterocycles. The monoisotopic (exact) mass is 273 g/mol. The van der Waals surface area contributed by atoms with E-state index in [0.29, 0.717) is 5.92 Å². The van der Waals surface area contributed by atoms with Crippen molar-refractivity contribution in [2.24, 2.45) is 5.92 Å². The van der Waals surface area contributed by atoms with E-state index in [-0.39, 0.29) is 0 Å². The molecule has 2 N–H and O–H groups in total. The number of hydrogen-bond donors (Lipinski definition) is 1. The molecule has 0 atom stereocenters. The van der Waals surface area contributed by atoms with Crippen LogP contribution in [0.4, 0.5) is 5.69 Å². The largest absolute Gasteiger partial charge is 0.399 e.